The molecule has 1 fully saturated rings. The lowest BCUT2D eigenvalue weighted by Crippen LogP contribution is -2.52. The summed E-state index contributed by atoms with van der Waals surface area (Å²) >= 11 is 0. The quantitative estimate of drug-likeness (QED) is 0.0824. The fourth-order valence-electron chi connectivity index (χ4n) is 7.02. The third-order valence-electron chi connectivity index (χ3n) is 9.94. The minimum absolute atomic E-state index is 0.0394. The number of carbonyl (C=O) groups excluding carboxylic acids is 3. The van der Waals surface area contributed by atoms with Gasteiger partial charge >= 0.3 is 6.18 Å². The Morgan fingerprint density at radius 3 is 2.12 bits per heavy atom. The van der Waals surface area contributed by atoms with E-state index in [0.717, 1.165) is 27.9 Å². The summed E-state index contributed by atoms with van der Waals surface area (Å²) in [5, 5.41) is 4.19. The predicted octanol–water partition coefficient (Wildman–Crippen LogP) is 5.56. The summed E-state index contributed by atoms with van der Waals surface area (Å²) in [7, 11) is 1.90. The van der Waals surface area contributed by atoms with Crippen LogP contribution >= 0.6 is 0 Å². The van der Waals surface area contributed by atoms with Crippen molar-refractivity contribution in [2.45, 2.75) is 25.1 Å². The smallest absolute Gasteiger partial charge is 0.421 e. The molecular formula is C42H42F3N5O9. The first-order valence-corrected chi connectivity index (χ1v) is 19.0. The van der Waals surface area contributed by atoms with Gasteiger partial charge in [0.1, 0.15) is 30.6 Å². The maximum atomic E-state index is 14.0. The predicted molar refractivity (Wildman–Crippen MR) is 209 cm³/mol. The van der Waals surface area contributed by atoms with E-state index >= 15 is 0 Å². The van der Waals surface area contributed by atoms with E-state index in [0.29, 0.717) is 60.1 Å². The molecule has 59 heavy (non-hydrogen) atoms. The molecule has 2 aromatic carbocycles. The number of piperidine rings is 1. The maximum absolute atomic E-state index is 14.0. The molecule has 1 unspecified atom stereocenters. The molecule has 2 aliphatic heterocycles. The Morgan fingerprint density at radius 1 is 0.763 bits per heavy atom. The molecule has 5 aromatic rings. The summed E-state index contributed by atoms with van der Waals surface area (Å²) in [5.74, 6) is -1.30. The molecule has 17 heteroatoms. The molecule has 3 amide bonds. The highest BCUT2D eigenvalue weighted by Gasteiger charge is 2.41. The molecule has 1 N–H and O–H groups in total. The second-order valence-electron chi connectivity index (χ2n) is 13.7. The van der Waals surface area contributed by atoms with Crippen LogP contribution in [0.25, 0.3) is 38.6 Å². The fourth-order valence-corrected chi connectivity index (χ4v) is 7.02. The van der Waals surface area contributed by atoms with Crippen molar-refractivity contribution in [3.63, 3.8) is 0 Å². The highest BCUT2D eigenvalue weighted by molar-refractivity contribution is 6.13. The van der Waals surface area contributed by atoms with Crippen molar-refractivity contribution in [2.75, 3.05) is 66.1 Å². The van der Waals surface area contributed by atoms with E-state index in [1.807, 2.05) is 29.8 Å². The number of aromatic nitrogens is 3. The normalized spacial score (nSPS) is 15.7. The molecular weight excluding hydrogens is 775 g/mol. The summed E-state index contributed by atoms with van der Waals surface area (Å²) < 4.78 is 77.2. The highest BCUT2D eigenvalue weighted by Crippen LogP contribution is 2.39. The number of imide groups is 1. The summed E-state index contributed by atoms with van der Waals surface area (Å²) in [6.07, 6.45) is 0.543. The van der Waals surface area contributed by atoms with Crippen LogP contribution in [-0.4, -0.2) is 109 Å². The molecule has 1 atom stereocenters. The van der Waals surface area contributed by atoms with Crippen LogP contribution in [0.15, 0.2) is 73.7 Å². The second kappa shape index (κ2) is 18.4. The number of rotatable bonds is 19. The topological polar surface area (TPSA) is 153 Å². The van der Waals surface area contributed by atoms with Crippen LogP contribution in [-0.2, 0) is 41.8 Å². The standard InChI is InChI=1S/C42H42F3N5O9/c1-26-30-6-4-29(23-32(30)41(53)50(26)36-7-8-38(51)48-39(36)52)58-19-17-56-15-13-54-11-12-55-14-16-57-18-20-59-40-34(42(43,44)45)21-28(24-47-40)27-3-5-31-33-25-46-10-9-35(33)49(2)37(31)22-27/h3-6,9-10,21-25,36H,1,7-8,11-20H2,2H3,(H,48,51,52). The Kier molecular flexibility index (Phi) is 12.9. The monoisotopic (exact) mass is 817 g/mol. The number of alkyl halides is 3. The minimum Gasteiger partial charge on any atom is -0.491 e. The number of aryl methyl sites for hydroxylation is 1. The molecule has 0 spiro atoms. The van der Waals surface area contributed by atoms with Gasteiger partial charge in [-0.2, -0.15) is 13.2 Å². The van der Waals surface area contributed by atoms with Gasteiger partial charge < -0.3 is 33.0 Å². The van der Waals surface area contributed by atoms with Gasteiger partial charge in [0.15, 0.2) is 0 Å². The van der Waals surface area contributed by atoms with Crippen LogP contribution in [0.3, 0.4) is 0 Å². The summed E-state index contributed by atoms with van der Waals surface area (Å²) in [4.78, 5) is 46.5. The molecule has 3 aromatic heterocycles. The van der Waals surface area contributed by atoms with Crippen molar-refractivity contribution in [1.29, 1.82) is 0 Å². The summed E-state index contributed by atoms with van der Waals surface area (Å²) in [5.41, 5.74) is 3.16. The lowest BCUT2D eigenvalue weighted by molar-refractivity contribution is -0.139. The van der Waals surface area contributed by atoms with E-state index in [1.54, 1.807) is 36.7 Å². The second-order valence-corrected chi connectivity index (χ2v) is 13.7. The van der Waals surface area contributed by atoms with Gasteiger partial charge in [-0.05, 0) is 48.4 Å². The Labute approximate surface area is 336 Å². The van der Waals surface area contributed by atoms with Gasteiger partial charge in [0, 0.05) is 65.2 Å². The zero-order valence-corrected chi connectivity index (χ0v) is 32.2. The first-order chi connectivity index (χ1) is 28.5. The average molecular weight is 818 g/mol. The molecule has 0 radical (unpaired) electrons. The number of hydrogen-bond acceptors (Lipinski definition) is 11. The van der Waals surface area contributed by atoms with E-state index in [2.05, 4.69) is 21.9 Å². The first kappa shape index (κ1) is 41.3. The number of carbonyl (C=O) groups is 3. The van der Waals surface area contributed by atoms with Gasteiger partial charge in [-0.3, -0.25) is 29.6 Å². The van der Waals surface area contributed by atoms with Gasteiger partial charge in [-0.15, -0.1) is 0 Å². The first-order valence-electron chi connectivity index (χ1n) is 19.0. The molecule has 310 valence electrons. The molecule has 2 aliphatic rings. The van der Waals surface area contributed by atoms with Crippen molar-refractivity contribution in [3.8, 4) is 22.8 Å². The van der Waals surface area contributed by atoms with Crippen molar-refractivity contribution in [2.24, 2.45) is 7.05 Å². The molecule has 7 rings (SSSR count). The molecule has 0 bridgehead atoms. The maximum Gasteiger partial charge on any atom is 0.421 e. The zero-order chi connectivity index (χ0) is 41.5. The molecule has 1 saturated heterocycles. The zero-order valence-electron chi connectivity index (χ0n) is 32.2. The average Bonchev–Trinajstić information content (AvgIpc) is 3.65. The molecule has 0 aliphatic carbocycles. The van der Waals surface area contributed by atoms with E-state index < -0.39 is 29.6 Å². The molecule has 14 nitrogen and oxygen atoms in total. The van der Waals surface area contributed by atoms with Crippen molar-refractivity contribution in [1.82, 2.24) is 24.8 Å². The van der Waals surface area contributed by atoms with Gasteiger partial charge in [-0.25, -0.2) is 4.98 Å². The Bertz CT molecular complexity index is 2370. The third-order valence-corrected chi connectivity index (χ3v) is 9.94. The Hall–Kier alpha value is -5.88. The Morgan fingerprint density at radius 2 is 1.44 bits per heavy atom. The van der Waals surface area contributed by atoms with Crippen molar-refractivity contribution < 1.29 is 56.0 Å². The van der Waals surface area contributed by atoms with E-state index in [-0.39, 0.29) is 64.3 Å². The van der Waals surface area contributed by atoms with Gasteiger partial charge in [-0.1, -0.05) is 18.7 Å². The van der Waals surface area contributed by atoms with Crippen LogP contribution < -0.4 is 14.8 Å². The van der Waals surface area contributed by atoms with Gasteiger partial charge in [0.05, 0.1) is 63.9 Å². The third kappa shape index (κ3) is 9.38. The SMILES string of the molecule is C=C1c2ccc(OCCOCCOCCOCCOCCOc3ncc(-c4ccc5c6cnccc6n(C)c5c4)cc3C(F)(F)F)cc2C(=O)N1C1CCC(=O)NC1=O. The van der Waals surface area contributed by atoms with Crippen LogP contribution in [0.2, 0.25) is 0 Å². The number of nitrogens with zero attached hydrogens (tertiary/aromatic N) is 4. The van der Waals surface area contributed by atoms with Crippen LogP contribution in [0.5, 0.6) is 11.6 Å². The van der Waals surface area contributed by atoms with Crippen LogP contribution in [0.1, 0.15) is 34.3 Å². The van der Waals surface area contributed by atoms with Crippen LogP contribution in [0, 0.1) is 0 Å². The van der Waals surface area contributed by atoms with E-state index in [1.165, 1.54) is 11.1 Å². The number of pyridine rings is 2. The number of amides is 3. The highest BCUT2D eigenvalue weighted by atomic mass is 19.4. The summed E-state index contributed by atoms with van der Waals surface area (Å²) in [6.45, 7) is 6.15. The van der Waals surface area contributed by atoms with Gasteiger partial charge in [0.2, 0.25) is 17.7 Å². The lowest BCUT2D eigenvalue weighted by atomic mass is 10.0. The number of benzene rings is 2. The number of halogens is 3. The van der Waals surface area contributed by atoms with E-state index in [9.17, 15) is 27.6 Å². The minimum atomic E-state index is -4.68. The Balaban J connectivity index is 0.736. The van der Waals surface area contributed by atoms with Crippen molar-refractivity contribution >= 4 is 45.2 Å². The van der Waals surface area contributed by atoms with Crippen molar-refractivity contribution in [3.05, 3.63) is 90.4 Å². The number of ether oxygens (including phenoxy) is 6. The van der Waals surface area contributed by atoms with Gasteiger partial charge in [0.25, 0.3) is 5.91 Å². The largest absolute Gasteiger partial charge is 0.491 e. The number of nitrogens with one attached hydrogen (secondary N) is 1. The summed E-state index contributed by atoms with van der Waals surface area (Å²) in [6, 6.07) is 12.7. The number of fused-ring (bicyclic) bond motifs is 4. The lowest BCUT2D eigenvalue weighted by Gasteiger charge is -2.30. The fraction of sp³-hybridized carbons (Fsp3) is 0.357. The molecule has 5 heterocycles. The molecule has 0 saturated carbocycles. The van der Waals surface area contributed by atoms with Crippen LogP contribution in [0.4, 0.5) is 13.2 Å². The van der Waals surface area contributed by atoms with E-state index in [4.69, 9.17) is 28.4 Å². The number of hydrogen-bond donors (Lipinski definition) is 1.